The van der Waals surface area contributed by atoms with Gasteiger partial charge in [-0.2, -0.15) is 0 Å². The molecular weight excluding hydrogens is 266 g/mol. The Labute approximate surface area is 126 Å². The number of ketones is 1. The van der Waals surface area contributed by atoms with E-state index in [4.69, 9.17) is 0 Å². The highest BCUT2D eigenvalue weighted by Gasteiger charge is 2.13. The molecule has 0 saturated heterocycles. The summed E-state index contributed by atoms with van der Waals surface area (Å²) in [5.41, 5.74) is 1.87. The van der Waals surface area contributed by atoms with Gasteiger partial charge in [-0.05, 0) is 36.5 Å². The van der Waals surface area contributed by atoms with E-state index < -0.39 is 0 Å². The highest BCUT2D eigenvalue weighted by Crippen LogP contribution is 2.25. The van der Waals surface area contributed by atoms with Crippen LogP contribution < -0.4 is 0 Å². The molecule has 0 saturated carbocycles. The second-order valence-electron chi connectivity index (χ2n) is 6.41. The smallest absolute Gasteiger partial charge is 0.162 e. The lowest BCUT2D eigenvalue weighted by molar-refractivity contribution is 0.0976. The third-order valence-corrected chi connectivity index (χ3v) is 3.68. The van der Waals surface area contributed by atoms with Crippen LogP contribution in [0.1, 0.15) is 50.4 Å². The zero-order valence-electron chi connectivity index (χ0n) is 12.3. The van der Waals surface area contributed by atoms with Crippen LogP contribution in [0.5, 0.6) is 0 Å². The monoisotopic (exact) mass is 287 g/mol. The highest BCUT2D eigenvalue weighted by atomic mass is 32.1. The number of pyridine rings is 1. The van der Waals surface area contributed by atoms with Gasteiger partial charge in [0.15, 0.2) is 5.78 Å². The summed E-state index contributed by atoms with van der Waals surface area (Å²) < 4.78 is 0. The molecule has 106 valence electrons. The van der Waals surface area contributed by atoms with Crippen LogP contribution in [0.15, 0.2) is 35.4 Å². The van der Waals surface area contributed by atoms with Crippen molar-refractivity contribution in [2.75, 3.05) is 0 Å². The fourth-order valence-corrected chi connectivity index (χ4v) is 2.58. The minimum absolute atomic E-state index is 0.190. The summed E-state index contributed by atoms with van der Waals surface area (Å²) in [5.74, 6) is 0.190. The molecular formula is C17H21NOS. The number of benzene rings is 1. The van der Waals surface area contributed by atoms with Crippen molar-refractivity contribution in [1.29, 1.82) is 0 Å². The van der Waals surface area contributed by atoms with Crippen LogP contribution in [-0.2, 0) is 0 Å². The van der Waals surface area contributed by atoms with Gasteiger partial charge in [-0.3, -0.25) is 9.78 Å². The maximum Gasteiger partial charge on any atom is 0.162 e. The Balaban J connectivity index is 2.14. The number of hydrogen-bond acceptors (Lipinski definition) is 3. The first-order valence-corrected chi connectivity index (χ1v) is 7.42. The first-order valence-electron chi connectivity index (χ1n) is 6.98. The maximum atomic E-state index is 12.3. The lowest BCUT2D eigenvalue weighted by atomic mass is 9.89. The molecule has 1 heterocycles. The molecule has 0 N–H and O–H groups in total. The molecule has 0 atom stereocenters. The van der Waals surface area contributed by atoms with Gasteiger partial charge in [0, 0.05) is 28.5 Å². The Hall–Kier alpha value is -1.35. The number of aromatic nitrogens is 1. The fraction of sp³-hybridized carbons (Fsp3) is 0.412. The number of carbonyl (C=O) groups is 1. The lowest BCUT2D eigenvalue weighted by Crippen LogP contribution is -2.07. The van der Waals surface area contributed by atoms with Gasteiger partial charge in [0.25, 0.3) is 0 Å². The van der Waals surface area contributed by atoms with Crippen LogP contribution in [0.25, 0.3) is 10.9 Å². The van der Waals surface area contributed by atoms with Crippen LogP contribution in [-0.4, -0.2) is 10.8 Å². The first kappa shape index (κ1) is 15.0. The van der Waals surface area contributed by atoms with Gasteiger partial charge >= 0.3 is 0 Å². The predicted octanol–water partition coefficient (Wildman–Crippen LogP) is 4.92. The molecule has 0 amide bonds. The van der Waals surface area contributed by atoms with Crippen molar-refractivity contribution in [3.63, 3.8) is 0 Å². The Bertz CT molecular complexity index is 628. The van der Waals surface area contributed by atoms with Gasteiger partial charge < -0.3 is 0 Å². The Morgan fingerprint density at radius 1 is 1.30 bits per heavy atom. The second kappa shape index (κ2) is 5.96. The molecule has 1 aromatic heterocycles. The number of hydrogen-bond donors (Lipinski definition) is 1. The average molecular weight is 287 g/mol. The maximum absolute atomic E-state index is 12.3. The Morgan fingerprint density at radius 3 is 2.75 bits per heavy atom. The molecule has 0 fully saturated rings. The quantitative estimate of drug-likeness (QED) is 0.639. The number of rotatable bonds is 4. The summed E-state index contributed by atoms with van der Waals surface area (Å²) in [6, 6.07) is 7.59. The van der Waals surface area contributed by atoms with Gasteiger partial charge in [-0.1, -0.05) is 26.8 Å². The number of Topliss-reactive ketones (excluding diaryl/α,β-unsaturated/α-hetero) is 1. The summed E-state index contributed by atoms with van der Waals surface area (Å²) in [6.07, 6.45) is 4.32. The molecule has 0 aliphatic heterocycles. The molecule has 2 rings (SSSR count). The summed E-state index contributed by atoms with van der Waals surface area (Å²) >= 11 is 4.44. The van der Waals surface area contributed by atoms with Crippen molar-refractivity contribution >= 4 is 29.3 Å². The van der Waals surface area contributed by atoms with E-state index >= 15 is 0 Å². The molecule has 0 unspecified atom stereocenters. The van der Waals surface area contributed by atoms with E-state index in [0.717, 1.165) is 34.2 Å². The minimum Gasteiger partial charge on any atom is -0.294 e. The molecule has 0 aliphatic rings. The van der Waals surface area contributed by atoms with E-state index in [9.17, 15) is 4.79 Å². The Morgan fingerprint density at radius 2 is 2.05 bits per heavy atom. The first-order chi connectivity index (χ1) is 9.37. The molecule has 0 bridgehead atoms. The summed E-state index contributed by atoms with van der Waals surface area (Å²) in [6.45, 7) is 6.60. The van der Waals surface area contributed by atoms with E-state index in [1.54, 1.807) is 6.20 Å². The van der Waals surface area contributed by atoms with Crippen molar-refractivity contribution in [2.24, 2.45) is 5.41 Å². The van der Waals surface area contributed by atoms with Crippen molar-refractivity contribution in [2.45, 2.75) is 44.9 Å². The second-order valence-corrected chi connectivity index (χ2v) is 6.89. The van der Waals surface area contributed by atoms with Crippen LogP contribution in [0.2, 0.25) is 0 Å². The SMILES string of the molecule is CC(C)(C)CCCC(=O)c1cc(S)c2ncccc2c1. The lowest BCUT2D eigenvalue weighted by Gasteiger charge is -2.17. The topological polar surface area (TPSA) is 30.0 Å². The fourth-order valence-electron chi connectivity index (χ4n) is 2.26. The molecule has 0 aliphatic carbocycles. The summed E-state index contributed by atoms with van der Waals surface area (Å²) in [4.78, 5) is 17.3. The molecule has 2 aromatic rings. The molecule has 0 radical (unpaired) electrons. The largest absolute Gasteiger partial charge is 0.294 e. The average Bonchev–Trinajstić information content (AvgIpc) is 2.37. The van der Waals surface area contributed by atoms with Crippen molar-refractivity contribution in [3.8, 4) is 0 Å². The van der Waals surface area contributed by atoms with Gasteiger partial charge in [-0.15, -0.1) is 12.6 Å². The summed E-state index contributed by atoms with van der Waals surface area (Å²) in [7, 11) is 0. The zero-order valence-corrected chi connectivity index (χ0v) is 13.2. The third kappa shape index (κ3) is 3.83. The van der Waals surface area contributed by atoms with Crippen molar-refractivity contribution in [3.05, 3.63) is 36.0 Å². The van der Waals surface area contributed by atoms with Gasteiger partial charge in [0.05, 0.1) is 5.52 Å². The van der Waals surface area contributed by atoms with E-state index in [1.165, 1.54) is 0 Å². The van der Waals surface area contributed by atoms with Crippen molar-refractivity contribution in [1.82, 2.24) is 4.98 Å². The molecule has 3 heteroatoms. The van der Waals surface area contributed by atoms with E-state index in [2.05, 4.69) is 38.4 Å². The standard InChI is InChI=1S/C17H21NOS/c1-17(2,3)8-4-7-14(19)13-10-12-6-5-9-18-16(12)15(20)11-13/h5-6,9-11,20H,4,7-8H2,1-3H3. The third-order valence-electron chi connectivity index (χ3n) is 3.34. The highest BCUT2D eigenvalue weighted by molar-refractivity contribution is 7.80. The van der Waals surface area contributed by atoms with Crippen LogP contribution in [0.4, 0.5) is 0 Å². The number of carbonyl (C=O) groups excluding carboxylic acids is 1. The number of fused-ring (bicyclic) bond motifs is 1. The molecule has 1 aromatic carbocycles. The molecule has 0 spiro atoms. The van der Waals surface area contributed by atoms with Crippen LogP contribution in [0.3, 0.4) is 0 Å². The van der Waals surface area contributed by atoms with E-state index in [1.807, 2.05) is 24.3 Å². The number of thiol groups is 1. The number of nitrogens with zero attached hydrogens (tertiary/aromatic N) is 1. The van der Waals surface area contributed by atoms with Crippen LogP contribution in [0, 0.1) is 5.41 Å². The van der Waals surface area contributed by atoms with Gasteiger partial charge in [0.1, 0.15) is 0 Å². The van der Waals surface area contributed by atoms with Gasteiger partial charge in [-0.25, -0.2) is 0 Å². The molecule has 20 heavy (non-hydrogen) atoms. The summed E-state index contributed by atoms with van der Waals surface area (Å²) in [5, 5.41) is 0.971. The zero-order chi connectivity index (χ0) is 14.8. The predicted molar refractivity (Wildman–Crippen MR) is 86.6 cm³/mol. The van der Waals surface area contributed by atoms with E-state index in [-0.39, 0.29) is 11.2 Å². The van der Waals surface area contributed by atoms with Gasteiger partial charge in [0.2, 0.25) is 0 Å². The normalized spacial score (nSPS) is 11.8. The van der Waals surface area contributed by atoms with Crippen LogP contribution >= 0.6 is 12.6 Å². The van der Waals surface area contributed by atoms with E-state index in [0.29, 0.717) is 6.42 Å². The minimum atomic E-state index is 0.190. The Kier molecular flexibility index (Phi) is 4.48. The van der Waals surface area contributed by atoms with Crippen molar-refractivity contribution < 1.29 is 4.79 Å². The molecule has 2 nitrogen and oxygen atoms in total.